The van der Waals surface area contributed by atoms with Gasteiger partial charge in [0.1, 0.15) is 12.0 Å². The Morgan fingerprint density at radius 2 is 2.27 bits per heavy atom. The van der Waals surface area contributed by atoms with Crippen molar-refractivity contribution < 1.29 is 0 Å². The van der Waals surface area contributed by atoms with Crippen molar-refractivity contribution in [3.05, 3.63) is 24.9 Å². The highest BCUT2D eigenvalue weighted by Gasteiger charge is 1.77. The van der Waals surface area contributed by atoms with Gasteiger partial charge in [0, 0.05) is 5.71 Å². The molecule has 0 rings (SSSR count). The van der Waals surface area contributed by atoms with E-state index in [0.29, 0.717) is 5.70 Å². The second-order valence-corrected chi connectivity index (χ2v) is 1.81. The lowest BCUT2D eigenvalue weighted by molar-refractivity contribution is 1.47. The van der Waals surface area contributed by atoms with Gasteiger partial charge in [0.2, 0.25) is 0 Å². The minimum atomic E-state index is 0.366. The fourth-order valence-electron chi connectivity index (χ4n) is 0.280. The largest absolute Gasteiger partial charge is 0.242 e. The van der Waals surface area contributed by atoms with Crippen LogP contribution < -0.4 is 0 Å². The van der Waals surface area contributed by atoms with E-state index in [1.165, 1.54) is 6.34 Å². The normalized spacial score (nSPS) is 11.1. The molecule has 56 valence electrons. The molecule has 0 bridgehead atoms. The topological polar surface area (TPSA) is 24.7 Å². The second-order valence-electron chi connectivity index (χ2n) is 1.81. The van der Waals surface area contributed by atoms with Gasteiger partial charge in [0.25, 0.3) is 0 Å². The van der Waals surface area contributed by atoms with Crippen molar-refractivity contribution in [2.45, 2.75) is 6.92 Å². The second kappa shape index (κ2) is 5.19. The summed E-state index contributed by atoms with van der Waals surface area (Å²) < 4.78 is 0. The Morgan fingerprint density at radius 3 is 2.73 bits per heavy atom. The lowest BCUT2D eigenvalue weighted by Gasteiger charge is -1.84. The number of aliphatic imine (C=N–C) groups is 2. The van der Waals surface area contributed by atoms with E-state index in [-0.39, 0.29) is 0 Å². The van der Waals surface area contributed by atoms with E-state index in [9.17, 15) is 0 Å². The number of allylic oxidation sites excluding steroid dienone is 2. The third-order valence-electron chi connectivity index (χ3n) is 0.937. The molecule has 0 saturated heterocycles. The molecule has 2 heteroatoms. The Morgan fingerprint density at radius 1 is 1.64 bits per heavy atom. The molecular weight excluding hydrogens is 136 g/mol. The summed E-state index contributed by atoms with van der Waals surface area (Å²) >= 11 is 0. The smallest absolute Gasteiger partial charge is 0.117 e. The zero-order valence-corrected chi connectivity index (χ0v) is 6.54. The molecule has 0 aromatic rings. The van der Waals surface area contributed by atoms with Gasteiger partial charge in [-0.05, 0) is 13.0 Å². The number of rotatable bonds is 3. The number of hydrogen-bond acceptors (Lipinski definition) is 1. The highest BCUT2D eigenvalue weighted by atomic mass is 14.9. The average Bonchev–Trinajstić information content (AvgIpc) is 2.04. The third-order valence-corrected chi connectivity index (χ3v) is 0.937. The molecule has 0 aliphatic rings. The average molecular weight is 146 g/mol. The van der Waals surface area contributed by atoms with Gasteiger partial charge in [-0.3, -0.25) is 0 Å². The Labute approximate surface area is 67.1 Å². The maximum atomic E-state index is 4.99. The Bertz CT molecular complexity index is 251. The van der Waals surface area contributed by atoms with Crippen molar-refractivity contribution >= 4 is 12.1 Å². The van der Waals surface area contributed by atoms with Crippen molar-refractivity contribution in [1.29, 1.82) is 0 Å². The minimum absolute atomic E-state index is 0.366. The van der Waals surface area contributed by atoms with E-state index in [1.807, 2.05) is 6.92 Å². The van der Waals surface area contributed by atoms with Crippen LogP contribution in [0.1, 0.15) is 6.92 Å². The van der Waals surface area contributed by atoms with Gasteiger partial charge in [-0.2, -0.15) is 0 Å². The molecule has 0 atom stereocenters. The summed E-state index contributed by atoms with van der Waals surface area (Å²) in [5.41, 5.74) is 1.16. The van der Waals surface area contributed by atoms with Gasteiger partial charge < -0.3 is 0 Å². The molecule has 0 heterocycles. The summed E-state index contributed by atoms with van der Waals surface area (Å²) in [6, 6.07) is 0. The molecule has 0 fully saturated rings. The van der Waals surface area contributed by atoms with E-state index < -0.39 is 0 Å². The molecule has 2 nitrogen and oxygen atoms in total. The first kappa shape index (κ1) is 9.38. The van der Waals surface area contributed by atoms with Gasteiger partial charge >= 0.3 is 0 Å². The number of hydrogen-bond donors (Lipinski definition) is 0. The van der Waals surface area contributed by atoms with Crippen LogP contribution in [-0.2, 0) is 0 Å². The monoisotopic (exact) mass is 146 g/mol. The first-order valence-electron chi connectivity index (χ1n) is 3.05. The predicted octanol–water partition coefficient (Wildman–Crippen LogP) is 1.81. The Kier molecular flexibility index (Phi) is 4.42. The molecule has 0 unspecified atom stereocenters. The standard InChI is InChI=1S/C9H10N2/c1-5-8(3)10-7-11-9(4)6-2/h1,6-7H,2-3H2,4H3. The zero-order valence-electron chi connectivity index (χ0n) is 6.54. The lowest BCUT2D eigenvalue weighted by atomic mass is 10.4. The first-order chi connectivity index (χ1) is 5.20. The van der Waals surface area contributed by atoms with Gasteiger partial charge in [-0.25, -0.2) is 9.98 Å². The summed E-state index contributed by atoms with van der Waals surface area (Å²) in [5, 5.41) is 0. The maximum Gasteiger partial charge on any atom is 0.117 e. The van der Waals surface area contributed by atoms with E-state index in [0.717, 1.165) is 5.71 Å². The van der Waals surface area contributed by atoms with E-state index in [1.54, 1.807) is 6.08 Å². The number of terminal acetylenes is 1. The first-order valence-corrected chi connectivity index (χ1v) is 3.05. The van der Waals surface area contributed by atoms with E-state index >= 15 is 0 Å². The van der Waals surface area contributed by atoms with Crippen LogP contribution in [0.4, 0.5) is 0 Å². The molecule has 0 saturated carbocycles. The van der Waals surface area contributed by atoms with Crippen LogP contribution in [0.25, 0.3) is 0 Å². The van der Waals surface area contributed by atoms with Gasteiger partial charge in [0.15, 0.2) is 0 Å². The Balaban J connectivity index is 4.08. The van der Waals surface area contributed by atoms with Crippen molar-refractivity contribution in [2.24, 2.45) is 9.98 Å². The molecule has 11 heavy (non-hydrogen) atoms. The van der Waals surface area contributed by atoms with Crippen LogP contribution in [0.3, 0.4) is 0 Å². The quantitative estimate of drug-likeness (QED) is 0.329. The molecule has 0 aliphatic carbocycles. The molecule has 0 aliphatic heterocycles. The van der Waals surface area contributed by atoms with Crippen molar-refractivity contribution in [3.63, 3.8) is 0 Å². The van der Waals surface area contributed by atoms with Crippen LogP contribution in [0.2, 0.25) is 0 Å². The minimum Gasteiger partial charge on any atom is -0.242 e. The number of nitrogens with zero attached hydrogens (tertiary/aromatic N) is 2. The highest BCUT2D eigenvalue weighted by molar-refractivity contribution is 5.96. The van der Waals surface area contributed by atoms with E-state index in [2.05, 4.69) is 29.1 Å². The van der Waals surface area contributed by atoms with Crippen molar-refractivity contribution in [3.8, 4) is 12.3 Å². The van der Waals surface area contributed by atoms with Crippen molar-refractivity contribution in [2.75, 3.05) is 0 Å². The van der Waals surface area contributed by atoms with Gasteiger partial charge in [-0.1, -0.05) is 19.1 Å². The molecule has 0 N–H and O–H groups in total. The van der Waals surface area contributed by atoms with Gasteiger partial charge in [-0.15, -0.1) is 6.42 Å². The van der Waals surface area contributed by atoms with Crippen LogP contribution in [0.15, 0.2) is 34.9 Å². The van der Waals surface area contributed by atoms with Crippen LogP contribution >= 0.6 is 0 Å². The third kappa shape index (κ3) is 4.86. The Hall–Kier alpha value is -1.62. The maximum absolute atomic E-state index is 4.99. The lowest BCUT2D eigenvalue weighted by Crippen LogP contribution is -1.82. The van der Waals surface area contributed by atoms with Gasteiger partial charge in [0.05, 0.1) is 0 Å². The molecule has 0 radical (unpaired) electrons. The molecular formula is C9H10N2. The van der Waals surface area contributed by atoms with Crippen LogP contribution in [-0.4, -0.2) is 12.1 Å². The predicted molar refractivity (Wildman–Crippen MR) is 49.8 cm³/mol. The zero-order chi connectivity index (χ0) is 8.69. The molecule has 0 amide bonds. The molecule has 0 aromatic carbocycles. The fraction of sp³-hybridized carbons (Fsp3) is 0.111. The summed E-state index contributed by atoms with van der Waals surface area (Å²) in [7, 11) is 0. The van der Waals surface area contributed by atoms with Crippen molar-refractivity contribution in [1.82, 2.24) is 0 Å². The van der Waals surface area contributed by atoms with Crippen LogP contribution in [0.5, 0.6) is 0 Å². The molecule has 0 aromatic heterocycles. The fourth-order valence-corrected chi connectivity index (χ4v) is 0.280. The van der Waals surface area contributed by atoms with E-state index in [4.69, 9.17) is 6.42 Å². The van der Waals surface area contributed by atoms with Crippen LogP contribution in [0, 0.1) is 12.3 Å². The SMILES string of the molecule is C#CC(=C)N=CN=C(C)C=C. The summed E-state index contributed by atoms with van der Waals surface area (Å²) in [5.74, 6) is 2.27. The summed E-state index contributed by atoms with van der Waals surface area (Å²) in [6.45, 7) is 8.81. The summed E-state index contributed by atoms with van der Waals surface area (Å²) in [6.07, 6.45) is 7.98. The summed E-state index contributed by atoms with van der Waals surface area (Å²) in [4.78, 5) is 7.62. The molecule has 0 spiro atoms. The highest BCUT2D eigenvalue weighted by Crippen LogP contribution is 1.86.